The zero-order valence-electron chi connectivity index (χ0n) is 22.1. The summed E-state index contributed by atoms with van der Waals surface area (Å²) in [6, 6.07) is 14.2. The summed E-state index contributed by atoms with van der Waals surface area (Å²) in [6.45, 7) is 4.21. The Labute approximate surface area is 222 Å². The highest BCUT2D eigenvalue weighted by molar-refractivity contribution is 5.94. The number of nitrogens with zero attached hydrogens (tertiary/aromatic N) is 3. The zero-order valence-corrected chi connectivity index (χ0v) is 22.1. The van der Waals surface area contributed by atoms with E-state index in [0.717, 1.165) is 11.3 Å². The lowest BCUT2D eigenvalue weighted by atomic mass is 9.87. The molecule has 3 amide bonds. The first-order valence-electron chi connectivity index (χ1n) is 12.6. The van der Waals surface area contributed by atoms with E-state index in [1.165, 1.54) is 13.2 Å². The standard InChI is InChI=1S/C28H35N5O5/c1-27(2,29)26(36)31-22(18-38-17-20-9-5-4-6-10-20)25(35)32-13-14-33-24(34)15-23(37-3)28(33,19-32)16-21-11-7-8-12-30-21/h4-12,15,22H,13-14,16-19,29H2,1-3H3,(H,31,36). The van der Waals surface area contributed by atoms with Gasteiger partial charge in [-0.3, -0.25) is 19.4 Å². The van der Waals surface area contributed by atoms with Crippen LogP contribution in [-0.4, -0.2) is 83.0 Å². The summed E-state index contributed by atoms with van der Waals surface area (Å²) in [7, 11) is 1.52. The average molecular weight is 522 g/mol. The molecule has 3 heterocycles. The fraction of sp³-hybridized carbons (Fsp3) is 0.429. The van der Waals surface area contributed by atoms with Gasteiger partial charge >= 0.3 is 0 Å². The Kier molecular flexibility index (Phi) is 8.13. The number of fused-ring (bicyclic) bond motifs is 1. The molecular weight excluding hydrogens is 486 g/mol. The van der Waals surface area contributed by atoms with Gasteiger partial charge in [-0.05, 0) is 31.5 Å². The number of piperazine rings is 1. The number of hydrogen-bond acceptors (Lipinski definition) is 7. The van der Waals surface area contributed by atoms with Gasteiger partial charge in [0, 0.05) is 37.5 Å². The van der Waals surface area contributed by atoms with Crippen LogP contribution >= 0.6 is 0 Å². The molecule has 0 aliphatic carbocycles. The Morgan fingerprint density at radius 2 is 1.89 bits per heavy atom. The number of rotatable bonds is 10. The van der Waals surface area contributed by atoms with Crippen molar-refractivity contribution >= 4 is 17.7 Å². The number of pyridine rings is 1. The van der Waals surface area contributed by atoms with Crippen molar-refractivity contribution in [1.29, 1.82) is 0 Å². The molecule has 10 nitrogen and oxygen atoms in total. The van der Waals surface area contributed by atoms with E-state index in [-0.39, 0.29) is 31.6 Å². The molecule has 2 aliphatic heterocycles. The quantitative estimate of drug-likeness (QED) is 0.478. The number of carbonyl (C=O) groups is 3. The molecule has 2 aliphatic rings. The summed E-state index contributed by atoms with van der Waals surface area (Å²) in [5.74, 6) is -0.458. The molecular formula is C28H35N5O5. The Morgan fingerprint density at radius 1 is 1.16 bits per heavy atom. The first kappa shape index (κ1) is 27.3. The van der Waals surface area contributed by atoms with E-state index in [1.54, 1.807) is 29.8 Å². The molecule has 202 valence electrons. The van der Waals surface area contributed by atoms with Gasteiger partial charge in [0.2, 0.25) is 11.8 Å². The van der Waals surface area contributed by atoms with Gasteiger partial charge in [-0.2, -0.15) is 0 Å². The lowest BCUT2D eigenvalue weighted by Crippen LogP contribution is -2.66. The van der Waals surface area contributed by atoms with Crippen molar-refractivity contribution in [2.75, 3.05) is 33.4 Å². The zero-order chi connectivity index (χ0) is 27.3. The molecule has 3 N–H and O–H groups in total. The van der Waals surface area contributed by atoms with Crippen molar-refractivity contribution in [2.24, 2.45) is 5.73 Å². The molecule has 2 aromatic rings. The van der Waals surface area contributed by atoms with E-state index in [9.17, 15) is 14.4 Å². The van der Waals surface area contributed by atoms with Crippen LogP contribution in [0, 0.1) is 0 Å². The van der Waals surface area contributed by atoms with Crippen molar-refractivity contribution < 1.29 is 23.9 Å². The summed E-state index contributed by atoms with van der Waals surface area (Å²) in [4.78, 5) is 47.4. The van der Waals surface area contributed by atoms with Crippen LogP contribution in [0.2, 0.25) is 0 Å². The number of carbonyl (C=O) groups excluding carboxylic acids is 3. The van der Waals surface area contributed by atoms with Crippen molar-refractivity contribution in [2.45, 2.75) is 44.0 Å². The highest BCUT2D eigenvalue weighted by Gasteiger charge is 2.53. The summed E-state index contributed by atoms with van der Waals surface area (Å²) in [6.07, 6.45) is 3.55. The first-order chi connectivity index (χ1) is 18.1. The first-order valence-corrected chi connectivity index (χ1v) is 12.6. The Balaban J connectivity index is 1.56. The topological polar surface area (TPSA) is 127 Å². The number of ether oxygens (including phenoxy) is 2. The second kappa shape index (κ2) is 11.3. The molecule has 2 atom stereocenters. The summed E-state index contributed by atoms with van der Waals surface area (Å²) in [5, 5.41) is 2.78. The van der Waals surface area contributed by atoms with Crippen molar-refractivity contribution in [1.82, 2.24) is 20.1 Å². The summed E-state index contributed by atoms with van der Waals surface area (Å²) >= 11 is 0. The van der Waals surface area contributed by atoms with Gasteiger partial charge in [0.1, 0.15) is 17.3 Å². The van der Waals surface area contributed by atoms with Crippen LogP contribution in [0.5, 0.6) is 0 Å². The fourth-order valence-electron chi connectivity index (χ4n) is 4.86. The Bertz CT molecular complexity index is 1180. The van der Waals surface area contributed by atoms with E-state index in [2.05, 4.69) is 10.3 Å². The molecule has 0 saturated carbocycles. The molecule has 2 unspecified atom stereocenters. The normalized spacial score (nSPS) is 20.0. The second-order valence-electron chi connectivity index (χ2n) is 10.2. The minimum absolute atomic E-state index is 0.0328. The number of hydrogen-bond donors (Lipinski definition) is 2. The molecule has 1 fully saturated rings. The lowest BCUT2D eigenvalue weighted by molar-refractivity contribution is -0.147. The maximum atomic E-state index is 13.9. The summed E-state index contributed by atoms with van der Waals surface area (Å²) in [5.41, 5.74) is 5.64. The highest BCUT2D eigenvalue weighted by atomic mass is 16.5. The van der Waals surface area contributed by atoms with Crippen LogP contribution in [0.15, 0.2) is 66.6 Å². The van der Waals surface area contributed by atoms with Crippen LogP contribution in [0.4, 0.5) is 0 Å². The van der Waals surface area contributed by atoms with Crippen LogP contribution in [0.25, 0.3) is 0 Å². The second-order valence-corrected chi connectivity index (χ2v) is 10.2. The van der Waals surface area contributed by atoms with Crippen molar-refractivity contribution in [3.8, 4) is 0 Å². The maximum absolute atomic E-state index is 13.9. The molecule has 10 heteroatoms. The minimum Gasteiger partial charge on any atom is -0.498 e. The van der Waals surface area contributed by atoms with Crippen molar-refractivity contribution in [3.05, 3.63) is 77.8 Å². The molecule has 0 bridgehead atoms. The third-order valence-corrected chi connectivity index (χ3v) is 6.86. The van der Waals surface area contributed by atoms with Crippen LogP contribution in [-0.2, 0) is 36.9 Å². The van der Waals surface area contributed by atoms with Gasteiger partial charge in [-0.15, -0.1) is 0 Å². The van der Waals surface area contributed by atoms with Crippen LogP contribution < -0.4 is 11.1 Å². The third-order valence-electron chi connectivity index (χ3n) is 6.86. The highest BCUT2D eigenvalue weighted by Crippen LogP contribution is 2.38. The molecule has 38 heavy (non-hydrogen) atoms. The van der Waals surface area contributed by atoms with E-state index < -0.39 is 23.0 Å². The molecule has 1 saturated heterocycles. The number of benzene rings is 1. The van der Waals surface area contributed by atoms with Crippen molar-refractivity contribution in [3.63, 3.8) is 0 Å². The van der Waals surface area contributed by atoms with Gasteiger partial charge in [-0.1, -0.05) is 36.4 Å². The van der Waals surface area contributed by atoms with Crippen LogP contribution in [0.3, 0.4) is 0 Å². The molecule has 0 radical (unpaired) electrons. The SMILES string of the molecule is COC1=CC(=O)N2CCN(C(=O)C(COCc3ccccc3)NC(=O)C(C)(C)N)CC12Cc1ccccn1. The lowest BCUT2D eigenvalue weighted by Gasteiger charge is -2.48. The predicted octanol–water partition coefficient (Wildman–Crippen LogP) is 1.02. The maximum Gasteiger partial charge on any atom is 0.251 e. The van der Waals surface area contributed by atoms with E-state index >= 15 is 0 Å². The number of methoxy groups -OCH3 is 1. The average Bonchev–Trinajstić information content (AvgIpc) is 3.18. The van der Waals surface area contributed by atoms with Gasteiger partial charge in [-0.25, -0.2) is 0 Å². The monoisotopic (exact) mass is 521 g/mol. The van der Waals surface area contributed by atoms with Gasteiger partial charge in [0.05, 0.1) is 32.4 Å². The molecule has 1 aromatic heterocycles. The number of amides is 3. The molecule has 4 rings (SSSR count). The minimum atomic E-state index is -1.18. The largest absolute Gasteiger partial charge is 0.498 e. The molecule has 0 spiro atoms. The number of aromatic nitrogens is 1. The molecule has 1 aromatic carbocycles. The van der Waals surface area contributed by atoms with E-state index in [4.69, 9.17) is 15.2 Å². The van der Waals surface area contributed by atoms with Gasteiger partial charge in [0.25, 0.3) is 5.91 Å². The Morgan fingerprint density at radius 3 is 2.55 bits per heavy atom. The third kappa shape index (κ3) is 5.87. The van der Waals surface area contributed by atoms with Gasteiger partial charge in [0.15, 0.2) is 0 Å². The fourth-order valence-corrected chi connectivity index (χ4v) is 4.86. The summed E-state index contributed by atoms with van der Waals surface area (Å²) < 4.78 is 11.5. The smallest absolute Gasteiger partial charge is 0.251 e. The number of nitrogens with two attached hydrogens (primary N) is 1. The predicted molar refractivity (Wildman–Crippen MR) is 140 cm³/mol. The van der Waals surface area contributed by atoms with E-state index in [0.29, 0.717) is 25.3 Å². The number of nitrogens with one attached hydrogen (secondary N) is 1. The van der Waals surface area contributed by atoms with Crippen LogP contribution in [0.1, 0.15) is 25.1 Å². The Hall–Kier alpha value is -3.76. The van der Waals surface area contributed by atoms with Gasteiger partial charge < -0.3 is 30.3 Å². The van der Waals surface area contributed by atoms with E-state index in [1.807, 2.05) is 48.5 Å².